The van der Waals surface area contributed by atoms with Crippen LogP contribution in [0.2, 0.25) is 0 Å². The summed E-state index contributed by atoms with van der Waals surface area (Å²) in [6.07, 6.45) is 0.732. The Balaban J connectivity index is 1.90. The second kappa shape index (κ2) is 5.98. The standard InChI is InChI=1S/C14H20N2O2/c1-10(9-17)7-16-14(18)13-6-11-4-2-3-5-12(11)8-15-13/h2-5,10,13,15,17H,6-9H2,1H3,(H,16,18)/t10?,13-/m1/s1. The molecular weight excluding hydrogens is 228 g/mol. The highest BCUT2D eigenvalue weighted by atomic mass is 16.3. The van der Waals surface area contributed by atoms with Gasteiger partial charge in [0.15, 0.2) is 0 Å². The average Bonchev–Trinajstić information content (AvgIpc) is 2.43. The van der Waals surface area contributed by atoms with E-state index in [9.17, 15) is 4.79 Å². The third-order valence-electron chi connectivity index (χ3n) is 3.33. The fourth-order valence-corrected chi connectivity index (χ4v) is 2.10. The van der Waals surface area contributed by atoms with Crippen molar-refractivity contribution in [2.45, 2.75) is 25.9 Å². The Kier molecular flexibility index (Phi) is 4.33. The average molecular weight is 248 g/mol. The van der Waals surface area contributed by atoms with Crippen molar-refractivity contribution in [3.63, 3.8) is 0 Å². The van der Waals surface area contributed by atoms with Crippen LogP contribution in [-0.2, 0) is 17.8 Å². The predicted octanol–water partition coefficient (Wildman–Crippen LogP) is 0.445. The van der Waals surface area contributed by atoms with Crippen molar-refractivity contribution in [3.05, 3.63) is 35.4 Å². The monoisotopic (exact) mass is 248 g/mol. The van der Waals surface area contributed by atoms with Crippen LogP contribution in [0.25, 0.3) is 0 Å². The Hall–Kier alpha value is -1.39. The van der Waals surface area contributed by atoms with Gasteiger partial charge in [-0.05, 0) is 23.5 Å². The molecule has 0 saturated heterocycles. The van der Waals surface area contributed by atoms with Crippen molar-refractivity contribution in [3.8, 4) is 0 Å². The fourth-order valence-electron chi connectivity index (χ4n) is 2.10. The molecule has 0 radical (unpaired) electrons. The summed E-state index contributed by atoms with van der Waals surface area (Å²) in [5.41, 5.74) is 2.51. The lowest BCUT2D eigenvalue weighted by atomic mass is 9.95. The van der Waals surface area contributed by atoms with E-state index in [1.54, 1.807) is 0 Å². The van der Waals surface area contributed by atoms with Gasteiger partial charge in [-0.2, -0.15) is 0 Å². The van der Waals surface area contributed by atoms with Gasteiger partial charge in [0.1, 0.15) is 0 Å². The maximum atomic E-state index is 12.0. The molecule has 4 heteroatoms. The smallest absolute Gasteiger partial charge is 0.237 e. The highest BCUT2D eigenvalue weighted by Crippen LogP contribution is 2.16. The SMILES string of the molecule is CC(CO)CNC(=O)[C@H]1Cc2ccccc2CN1. The first-order valence-electron chi connectivity index (χ1n) is 6.39. The normalized spacial score (nSPS) is 20.0. The molecule has 0 fully saturated rings. The van der Waals surface area contributed by atoms with E-state index in [-0.39, 0.29) is 24.5 Å². The molecule has 1 aliphatic heterocycles. The lowest BCUT2D eigenvalue weighted by Crippen LogP contribution is -2.48. The van der Waals surface area contributed by atoms with E-state index in [1.165, 1.54) is 11.1 Å². The number of aliphatic hydroxyl groups excluding tert-OH is 1. The van der Waals surface area contributed by atoms with E-state index in [0.29, 0.717) is 6.54 Å². The molecule has 1 heterocycles. The topological polar surface area (TPSA) is 61.4 Å². The molecule has 98 valence electrons. The Bertz CT molecular complexity index is 420. The van der Waals surface area contributed by atoms with E-state index in [1.807, 2.05) is 19.1 Å². The van der Waals surface area contributed by atoms with Crippen LogP contribution in [0, 0.1) is 5.92 Å². The Labute approximate surface area is 107 Å². The lowest BCUT2D eigenvalue weighted by Gasteiger charge is -2.25. The molecule has 0 bridgehead atoms. The minimum atomic E-state index is -0.161. The number of hydrogen-bond acceptors (Lipinski definition) is 3. The summed E-state index contributed by atoms with van der Waals surface area (Å²) < 4.78 is 0. The van der Waals surface area contributed by atoms with Crippen molar-refractivity contribution in [2.75, 3.05) is 13.2 Å². The summed E-state index contributed by atoms with van der Waals surface area (Å²) in [4.78, 5) is 12.0. The van der Waals surface area contributed by atoms with Gasteiger partial charge in [0.05, 0.1) is 6.04 Å². The maximum absolute atomic E-state index is 12.0. The molecular formula is C14H20N2O2. The van der Waals surface area contributed by atoms with Gasteiger partial charge < -0.3 is 15.7 Å². The van der Waals surface area contributed by atoms with Gasteiger partial charge >= 0.3 is 0 Å². The largest absolute Gasteiger partial charge is 0.396 e. The van der Waals surface area contributed by atoms with Gasteiger partial charge in [0.25, 0.3) is 0 Å². The van der Waals surface area contributed by atoms with Crippen LogP contribution in [-0.4, -0.2) is 30.2 Å². The molecule has 18 heavy (non-hydrogen) atoms. The molecule has 4 nitrogen and oxygen atoms in total. The summed E-state index contributed by atoms with van der Waals surface area (Å²) in [5.74, 6) is 0.120. The molecule has 1 unspecified atom stereocenters. The number of aliphatic hydroxyl groups is 1. The Morgan fingerprint density at radius 1 is 1.50 bits per heavy atom. The van der Waals surface area contributed by atoms with Crippen molar-refractivity contribution in [1.29, 1.82) is 0 Å². The number of hydrogen-bond donors (Lipinski definition) is 3. The molecule has 2 rings (SSSR count). The van der Waals surface area contributed by atoms with Crippen molar-refractivity contribution >= 4 is 5.91 Å². The molecule has 1 amide bonds. The number of carbonyl (C=O) groups is 1. The van der Waals surface area contributed by atoms with Gasteiger partial charge in [-0.15, -0.1) is 0 Å². The molecule has 1 aromatic carbocycles. The van der Waals surface area contributed by atoms with Crippen LogP contribution >= 0.6 is 0 Å². The molecule has 3 N–H and O–H groups in total. The minimum absolute atomic E-state index is 0.0183. The molecule has 0 aromatic heterocycles. The summed E-state index contributed by atoms with van der Waals surface area (Å²) in [7, 11) is 0. The quantitative estimate of drug-likeness (QED) is 0.725. The van der Waals surface area contributed by atoms with Gasteiger partial charge in [0, 0.05) is 19.7 Å². The zero-order valence-corrected chi connectivity index (χ0v) is 10.6. The number of amides is 1. The third-order valence-corrected chi connectivity index (χ3v) is 3.33. The van der Waals surface area contributed by atoms with Crippen LogP contribution in [0.15, 0.2) is 24.3 Å². The summed E-state index contributed by atoms with van der Waals surface area (Å²) in [5, 5.41) is 15.0. The molecule has 0 spiro atoms. The van der Waals surface area contributed by atoms with Gasteiger partial charge in [-0.3, -0.25) is 4.79 Å². The van der Waals surface area contributed by atoms with Crippen LogP contribution in [0.1, 0.15) is 18.1 Å². The predicted molar refractivity (Wildman–Crippen MR) is 70.0 cm³/mol. The Morgan fingerprint density at radius 3 is 2.94 bits per heavy atom. The van der Waals surface area contributed by atoms with Crippen LogP contribution in [0.5, 0.6) is 0 Å². The molecule has 1 aliphatic rings. The number of nitrogens with one attached hydrogen (secondary N) is 2. The number of rotatable bonds is 4. The van der Waals surface area contributed by atoms with Crippen molar-refractivity contribution in [2.24, 2.45) is 5.92 Å². The molecule has 0 saturated carbocycles. The zero-order chi connectivity index (χ0) is 13.0. The summed E-state index contributed by atoms with van der Waals surface area (Å²) in [6, 6.07) is 8.03. The van der Waals surface area contributed by atoms with E-state index in [2.05, 4.69) is 22.8 Å². The maximum Gasteiger partial charge on any atom is 0.237 e. The fraction of sp³-hybridized carbons (Fsp3) is 0.500. The first-order valence-corrected chi connectivity index (χ1v) is 6.39. The number of fused-ring (bicyclic) bond motifs is 1. The number of carbonyl (C=O) groups excluding carboxylic acids is 1. The Morgan fingerprint density at radius 2 is 2.22 bits per heavy atom. The summed E-state index contributed by atoms with van der Waals surface area (Å²) >= 11 is 0. The van der Waals surface area contributed by atoms with Crippen LogP contribution in [0.3, 0.4) is 0 Å². The van der Waals surface area contributed by atoms with Gasteiger partial charge in [0.2, 0.25) is 5.91 Å². The zero-order valence-electron chi connectivity index (χ0n) is 10.6. The lowest BCUT2D eigenvalue weighted by molar-refractivity contribution is -0.123. The molecule has 2 atom stereocenters. The van der Waals surface area contributed by atoms with Gasteiger partial charge in [-0.1, -0.05) is 31.2 Å². The van der Waals surface area contributed by atoms with Crippen LogP contribution < -0.4 is 10.6 Å². The molecule has 1 aromatic rings. The van der Waals surface area contributed by atoms with E-state index in [4.69, 9.17) is 5.11 Å². The molecule has 0 aliphatic carbocycles. The second-order valence-corrected chi connectivity index (χ2v) is 4.94. The van der Waals surface area contributed by atoms with Crippen LogP contribution in [0.4, 0.5) is 0 Å². The van der Waals surface area contributed by atoms with Gasteiger partial charge in [-0.25, -0.2) is 0 Å². The van der Waals surface area contributed by atoms with Crippen molar-refractivity contribution in [1.82, 2.24) is 10.6 Å². The van der Waals surface area contributed by atoms with Crippen molar-refractivity contribution < 1.29 is 9.90 Å². The first kappa shape index (κ1) is 13.1. The van der Waals surface area contributed by atoms with E-state index in [0.717, 1.165) is 13.0 Å². The number of benzene rings is 1. The third kappa shape index (κ3) is 3.09. The second-order valence-electron chi connectivity index (χ2n) is 4.94. The highest BCUT2D eigenvalue weighted by molar-refractivity contribution is 5.82. The highest BCUT2D eigenvalue weighted by Gasteiger charge is 2.23. The van der Waals surface area contributed by atoms with E-state index < -0.39 is 0 Å². The van der Waals surface area contributed by atoms with E-state index >= 15 is 0 Å². The minimum Gasteiger partial charge on any atom is -0.396 e. The first-order chi connectivity index (χ1) is 8.70. The summed E-state index contributed by atoms with van der Waals surface area (Å²) in [6.45, 7) is 3.27.